The number of unbranched alkanes of at least 4 members (excludes halogenated alkanes) is 1. The van der Waals surface area contributed by atoms with Crippen LogP contribution in [-0.2, 0) is 0 Å². The number of aromatic nitrogens is 1. The van der Waals surface area contributed by atoms with E-state index in [-0.39, 0.29) is 11.6 Å². The number of H-pyrrole nitrogens is 1. The predicted molar refractivity (Wildman–Crippen MR) is 103 cm³/mol. The number of hydrogen-bond acceptors (Lipinski definition) is 0. The Morgan fingerprint density at radius 3 is 2.50 bits per heavy atom. The van der Waals surface area contributed by atoms with Gasteiger partial charge in [0.25, 0.3) is 0 Å². The lowest BCUT2D eigenvalue weighted by atomic mass is 9.68. The second-order valence-corrected chi connectivity index (χ2v) is 7.77. The van der Waals surface area contributed by atoms with E-state index in [0.29, 0.717) is 11.4 Å². The van der Waals surface area contributed by atoms with E-state index in [1.165, 1.54) is 37.0 Å². The Hall–Kier alpha value is -2.16. The van der Waals surface area contributed by atoms with Crippen molar-refractivity contribution in [2.45, 2.75) is 51.9 Å². The van der Waals surface area contributed by atoms with Crippen LogP contribution in [0.15, 0.2) is 36.4 Å². The van der Waals surface area contributed by atoms with Gasteiger partial charge in [-0.15, -0.1) is 0 Å². The Morgan fingerprint density at radius 2 is 1.81 bits per heavy atom. The highest BCUT2D eigenvalue weighted by Crippen LogP contribution is 2.49. The first-order valence-electron chi connectivity index (χ1n) is 9.64. The number of hydrogen-bond donors (Lipinski definition) is 1. The SMILES string of the molecule is CCCCC1CC(c2c(-c3ccc(F)cc3)[nH]c3c(F)cc(C)cc23)C1. The molecule has 26 heavy (non-hydrogen) atoms. The van der Waals surface area contributed by atoms with E-state index in [1.54, 1.807) is 18.2 Å². The van der Waals surface area contributed by atoms with Gasteiger partial charge in [-0.2, -0.15) is 0 Å². The van der Waals surface area contributed by atoms with Crippen LogP contribution in [0.1, 0.15) is 56.1 Å². The highest BCUT2D eigenvalue weighted by atomic mass is 19.1. The van der Waals surface area contributed by atoms with Crippen molar-refractivity contribution in [3.05, 3.63) is 59.2 Å². The molecule has 1 nitrogen and oxygen atoms in total. The molecule has 0 radical (unpaired) electrons. The molecule has 0 aliphatic heterocycles. The number of aryl methyl sites for hydroxylation is 1. The van der Waals surface area contributed by atoms with Gasteiger partial charge < -0.3 is 4.98 Å². The number of aromatic amines is 1. The summed E-state index contributed by atoms with van der Waals surface area (Å²) in [4.78, 5) is 3.31. The van der Waals surface area contributed by atoms with Gasteiger partial charge in [-0.1, -0.05) is 26.2 Å². The Balaban J connectivity index is 1.78. The van der Waals surface area contributed by atoms with Gasteiger partial charge in [0.2, 0.25) is 0 Å². The molecule has 1 heterocycles. The molecule has 0 spiro atoms. The fraction of sp³-hybridized carbons (Fsp3) is 0.391. The van der Waals surface area contributed by atoms with E-state index >= 15 is 0 Å². The van der Waals surface area contributed by atoms with Crippen LogP contribution in [0.25, 0.3) is 22.2 Å². The highest BCUT2D eigenvalue weighted by Gasteiger charge is 2.34. The van der Waals surface area contributed by atoms with E-state index in [9.17, 15) is 8.78 Å². The van der Waals surface area contributed by atoms with E-state index in [4.69, 9.17) is 0 Å². The summed E-state index contributed by atoms with van der Waals surface area (Å²) in [5.74, 6) is 0.765. The predicted octanol–water partition coefficient (Wildman–Crippen LogP) is 7.11. The van der Waals surface area contributed by atoms with Crippen LogP contribution < -0.4 is 0 Å². The zero-order valence-electron chi connectivity index (χ0n) is 15.4. The summed E-state index contributed by atoms with van der Waals surface area (Å²) in [6.07, 6.45) is 6.13. The van der Waals surface area contributed by atoms with Crippen molar-refractivity contribution in [2.75, 3.05) is 0 Å². The summed E-state index contributed by atoms with van der Waals surface area (Å²) in [5.41, 5.74) is 4.58. The molecule has 0 amide bonds. The zero-order chi connectivity index (χ0) is 18.3. The molecule has 0 atom stereocenters. The maximum absolute atomic E-state index is 14.6. The minimum atomic E-state index is -0.253. The van der Waals surface area contributed by atoms with Crippen molar-refractivity contribution in [1.29, 1.82) is 0 Å². The van der Waals surface area contributed by atoms with Crippen molar-refractivity contribution in [3.63, 3.8) is 0 Å². The van der Waals surface area contributed by atoms with Gasteiger partial charge in [0, 0.05) is 5.39 Å². The maximum Gasteiger partial charge on any atom is 0.147 e. The number of nitrogens with one attached hydrogen (secondary N) is 1. The fourth-order valence-electron chi connectivity index (χ4n) is 4.38. The topological polar surface area (TPSA) is 15.8 Å². The van der Waals surface area contributed by atoms with Crippen molar-refractivity contribution < 1.29 is 8.78 Å². The van der Waals surface area contributed by atoms with Gasteiger partial charge in [-0.25, -0.2) is 8.78 Å². The van der Waals surface area contributed by atoms with Gasteiger partial charge in [0.15, 0.2) is 0 Å². The Kier molecular flexibility index (Phi) is 4.56. The first-order chi connectivity index (χ1) is 12.6. The van der Waals surface area contributed by atoms with Gasteiger partial charge >= 0.3 is 0 Å². The van der Waals surface area contributed by atoms with Crippen molar-refractivity contribution in [2.24, 2.45) is 5.92 Å². The van der Waals surface area contributed by atoms with Crippen LogP contribution >= 0.6 is 0 Å². The zero-order valence-corrected chi connectivity index (χ0v) is 15.4. The normalized spacial score (nSPS) is 19.7. The third-order valence-corrected chi connectivity index (χ3v) is 5.79. The molecule has 136 valence electrons. The quantitative estimate of drug-likeness (QED) is 0.503. The minimum absolute atomic E-state index is 0.212. The first-order valence-corrected chi connectivity index (χ1v) is 9.64. The average Bonchev–Trinajstić information content (AvgIpc) is 2.94. The standard InChI is InChI=1S/C23H25F2N/c1-3-4-5-15-12-17(13-15)21-19-10-14(2)11-20(25)23(19)26-22(21)16-6-8-18(24)9-7-16/h6-11,15,17,26H,3-5,12-13H2,1-2H3. The van der Waals surface area contributed by atoms with E-state index < -0.39 is 0 Å². The van der Waals surface area contributed by atoms with Crippen LogP contribution in [0.2, 0.25) is 0 Å². The van der Waals surface area contributed by atoms with Gasteiger partial charge in [0.1, 0.15) is 11.6 Å². The van der Waals surface area contributed by atoms with Gasteiger partial charge in [0.05, 0.1) is 11.2 Å². The summed E-state index contributed by atoms with van der Waals surface area (Å²) in [6, 6.07) is 10.1. The Morgan fingerprint density at radius 1 is 1.08 bits per heavy atom. The highest BCUT2D eigenvalue weighted by molar-refractivity contribution is 5.92. The summed E-state index contributed by atoms with van der Waals surface area (Å²) < 4.78 is 27.9. The van der Waals surface area contributed by atoms with Crippen molar-refractivity contribution in [3.8, 4) is 11.3 Å². The molecule has 1 fully saturated rings. The maximum atomic E-state index is 14.6. The number of halogens is 2. The van der Waals surface area contributed by atoms with Gasteiger partial charge in [-0.3, -0.25) is 0 Å². The van der Waals surface area contributed by atoms with Crippen LogP contribution in [0, 0.1) is 24.5 Å². The molecule has 1 aromatic heterocycles. The number of rotatable bonds is 5. The van der Waals surface area contributed by atoms with Gasteiger partial charge in [-0.05, 0) is 84.7 Å². The molecule has 3 heteroatoms. The molecular weight excluding hydrogens is 328 g/mol. The molecular formula is C23H25F2N. The summed E-state index contributed by atoms with van der Waals surface area (Å²) in [5, 5.41) is 0.987. The largest absolute Gasteiger partial charge is 0.352 e. The number of fused-ring (bicyclic) bond motifs is 1. The van der Waals surface area contributed by atoms with Crippen LogP contribution in [-0.4, -0.2) is 4.98 Å². The molecule has 3 aromatic rings. The Labute approximate surface area is 153 Å². The smallest absolute Gasteiger partial charge is 0.147 e. The lowest BCUT2D eigenvalue weighted by molar-refractivity contribution is 0.244. The van der Waals surface area contributed by atoms with E-state index in [2.05, 4.69) is 18.0 Å². The summed E-state index contributed by atoms with van der Waals surface area (Å²) in [6.45, 7) is 4.16. The molecule has 4 rings (SSSR count). The molecule has 0 saturated heterocycles. The summed E-state index contributed by atoms with van der Waals surface area (Å²) in [7, 11) is 0. The van der Waals surface area contributed by atoms with Crippen LogP contribution in [0.4, 0.5) is 8.78 Å². The first kappa shape index (κ1) is 17.3. The molecule has 1 aliphatic carbocycles. The fourth-order valence-corrected chi connectivity index (χ4v) is 4.38. The lowest BCUT2D eigenvalue weighted by Gasteiger charge is -2.36. The molecule has 1 N–H and O–H groups in total. The summed E-state index contributed by atoms with van der Waals surface area (Å²) >= 11 is 0. The molecule has 2 aromatic carbocycles. The molecule has 0 bridgehead atoms. The van der Waals surface area contributed by atoms with Crippen LogP contribution in [0.3, 0.4) is 0 Å². The molecule has 0 unspecified atom stereocenters. The van der Waals surface area contributed by atoms with Crippen molar-refractivity contribution in [1.82, 2.24) is 4.98 Å². The lowest BCUT2D eigenvalue weighted by Crippen LogP contribution is -2.22. The van der Waals surface area contributed by atoms with Crippen molar-refractivity contribution >= 4 is 10.9 Å². The second-order valence-electron chi connectivity index (χ2n) is 7.77. The second kappa shape index (κ2) is 6.86. The monoisotopic (exact) mass is 353 g/mol. The third-order valence-electron chi connectivity index (χ3n) is 5.79. The number of benzene rings is 2. The van der Waals surface area contributed by atoms with E-state index in [0.717, 1.165) is 41.0 Å². The van der Waals surface area contributed by atoms with E-state index in [1.807, 2.05) is 6.92 Å². The molecule has 1 aliphatic rings. The molecule has 1 saturated carbocycles. The average molecular weight is 353 g/mol. The minimum Gasteiger partial charge on any atom is -0.352 e. The Bertz CT molecular complexity index is 918. The van der Waals surface area contributed by atoms with Crippen LogP contribution in [0.5, 0.6) is 0 Å². The third kappa shape index (κ3) is 3.04.